The second-order valence-corrected chi connectivity index (χ2v) is 6.14. The summed E-state index contributed by atoms with van der Waals surface area (Å²) in [6.45, 7) is 2.60. The minimum atomic E-state index is -0.566. The number of rotatable bonds is 6. The zero-order chi connectivity index (χ0) is 19.5. The molecule has 0 saturated carbocycles. The molecule has 4 rings (SSSR count). The Kier molecular flexibility index (Phi) is 4.63. The molecule has 0 aliphatic heterocycles. The van der Waals surface area contributed by atoms with Crippen LogP contribution in [0.3, 0.4) is 0 Å². The van der Waals surface area contributed by atoms with Crippen molar-refractivity contribution < 1.29 is 4.79 Å². The van der Waals surface area contributed by atoms with E-state index in [4.69, 9.17) is 5.73 Å². The molecule has 9 heteroatoms. The SMILES string of the molecule is CCc1nnc(-n2nnc3c(C(N)=O)cccc32)nc1NCc1ccccc1. The average Bonchev–Trinajstić information content (AvgIpc) is 3.17. The van der Waals surface area contributed by atoms with Gasteiger partial charge in [-0.2, -0.15) is 9.67 Å². The number of hydrogen-bond acceptors (Lipinski definition) is 7. The number of carbonyl (C=O) groups is 1. The van der Waals surface area contributed by atoms with Crippen molar-refractivity contribution in [3.63, 3.8) is 0 Å². The van der Waals surface area contributed by atoms with E-state index in [-0.39, 0.29) is 5.95 Å². The maximum absolute atomic E-state index is 11.6. The Hall–Kier alpha value is -3.88. The fourth-order valence-corrected chi connectivity index (χ4v) is 2.88. The molecule has 2 heterocycles. The van der Waals surface area contributed by atoms with Gasteiger partial charge in [0.2, 0.25) is 0 Å². The van der Waals surface area contributed by atoms with E-state index in [0.717, 1.165) is 11.3 Å². The van der Waals surface area contributed by atoms with Crippen molar-refractivity contribution in [2.75, 3.05) is 5.32 Å². The zero-order valence-corrected chi connectivity index (χ0v) is 15.2. The van der Waals surface area contributed by atoms with Crippen LogP contribution in [0.5, 0.6) is 0 Å². The van der Waals surface area contributed by atoms with Crippen molar-refractivity contribution in [2.45, 2.75) is 19.9 Å². The van der Waals surface area contributed by atoms with Gasteiger partial charge in [-0.25, -0.2) is 0 Å². The van der Waals surface area contributed by atoms with Gasteiger partial charge in [-0.15, -0.1) is 15.3 Å². The standard InChI is InChI=1S/C19H18N8O/c1-2-14-18(21-11-12-7-4-3-5-8-12)22-19(25-23-14)27-15-10-6-9-13(17(20)28)16(15)24-26-27/h3-10H,2,11H2,1H3,(H2,20,28)(H,21,22,25). The Bertz CT molecular complexity index is 1140. The average molecular weight is 374 g/mol. The smallest absolute Gasteiger partial charge is 0.274 e. The van der Waals surface area contributed by atoms with Crippen molar-refractivity contribution in [3.8, 4) is 5.95 Å². The highest BCUT2D eigenvalue weighted by Crippen LogP contribution is 2.19. The molecule has 28 heavy (non-hydrogen) atoms. The molecular formula is C19H18N8O. The first-order chi connectivity index (χ1) is 13.7. The lowest BCUT2D eigenvalue weighted by atomic mass is 10.2. The quantitative estimate of drug-likeness (QED) is 0.528. The van der Waals surface area contributed by atoms with Gasteiger partial charge >= 0.3 is 0 Å². The van der Waals surface area contributed by atoms with Crippen LogP contribution in [-0.2, 0) is 13.0 Å². The third-order valence-corrected chi connectivity index (χ3v) is 4.31. The monoisotopic (exact) mass is 374 g/mol. The van der Waals surface area contributed by atoms with Gasteiger partial charge in [0.15, 0.2) is 5.82 Å². The van der Waals surface area contributed by atoms with E-state index in [2.05, 4.69) is 30.8 Å². The van der Waals surface area contributed by atoms with Gasteiger partial charge in [0.25, 0.3) is 11.9 Å². The normalized spacial score (nSPS) is 10.9. The number of benzene rings is 2. The number of nitrogens with two attached hydrogens (primary N) is 1. The van der Waals surface area contributed by atoms with Gasteiger partial charge in [-0.05, 0) is 24.1 Å². The molecule has 3 N–H and O–H groups in total. The summed E-state index contributed by atoms with van der Waals surface area (Å²) in [5.41, 5.74) is 8.57. The van der Waals surface area contributed by atoms with Crippen LogP contribution < -0.4 is 11.1 Å². The summed E-state index contributed by atoms with van der Waals surface area (Å²) < 4.78 is 1.45. The van der Waals surface area contributed by atoms with Crippen molar-refractivity contribution in [1.82, 2.24) is 30.2 Å². The van der Waals surface area contributed by atoms with E-state index in [1.807, 2.05) is 37.3 Å². The van der Waals surface area contributed by atoms with Crippen LogP contribution in [0.4, 0.5) is 5.82 Å². The number of carbonyl (C=O) groups excluding carboxylic acids is 1. The Labute approximate surface area is 160 Å². The first-order valence-electron chi connectivity index (χ1n) is 8.83. The summed E-state index contributed by atoms with van der Waals surface area (Å²) in [4.78, 5) is 16.2. The lowest BCUT2D eigenvalue weighted by molar-refractivity contribution is 0.100. The Morgan fingerprint density at radius 3 is 2.64 bits per heavy atom. The van der Waals surface area contributed by atoms with Gasteiger partial charge in [0.05, 0.1) is 11.1 Å². The fraction of sp³-hybridized carbons (Fsp3) is 0.158. The van der Waals surface area contributed by atoms with Crippen LogP contribution in [-0.4, -0.2) is 36.1 Å². The molecule has 0 atom stereocenters. The highest BCUT2D eigenvalue weighted by Gasteiger charge is 2.16. The van der Waals surface area contributed by atoms with Crippen LogP contribution in [0.15, 0.2) is 48.5 Å². The topological polar surface area (TPSA) is 125 Å². The summed E-state index contributed by atoms with van der Waals surface area (Å²) in [5, 5.41) is 19.9. The summed E-state index contributed by atoms with van der Waals surface area (Å²) in [5.74, 6) is 0.325. The third kappa shape index (κ3) is 3.25. The summed E-state index contributed by atoms with van der Waals surface area (Å²) in [7, 11) is 0. The third-order valence-electron chi connectivity index (χ3n) is 4.31. The van der Waals surface area contributed by atoms with Gasteiger partial charge in [0.1, 0.15) is 11.2 Å². The highest BCUT2D eigenvalue weighted by molar-refractivity contribution is 6.03. The predicted octanol–water partition coefficient (Wildman–Crippen LogP) is 1.88. The van der Waals surface area contributed by atoms with E-state index in [9.17, 15) is 4.79 Å². The molecule has 2 aromatic carbocycles. The van der Waals surface area contributed by atoms with Gasteiger partial charge in [-0.1, -0.05) is 48.5 Å². The van der Waals surface area contributed by atoms with E-state index < -0.39 is 5.91 Å². The molecule has 0 spiro atoms. The number of fused-ring (bicyclic) bond motifs is 1. The first kappa shape index (κ1) is 17.5. The minimum Gasteiger partial charge on any atom is -0.366 e. The lowest BCUT2D eigenvalue weighted by Crippen LogP contribution is -2.13. The van der Waals surface area contributed by atoms with E-state index in [0.29, 0.717) is 35.4 Å². The largest absolute Gasteiger partial charge is 0.366 e. The lowest BCUT2D eigenvalue weighted by Gasteiger charge is -2.10. The number of anilines is 1. The molecule has 140 valence electrons. The maximum atomic E-state index is 11.6. The van der Waals surface area contributed by atoms with Crippen molar-refractivity contribution in [3.05, 3.63) is 65.4 Å². The number of amides is 1. The number of primary amides is 1. The van der Waals surface area contributed by atoms with Crippen LogP contribution >= 0.6 is 0 Å². The molecule has 0 aliphatic rings. The molecule has 0 fully saturated rings. The highest BCUT2D eigenvalue weighted by atomic mass is 16.1. The molecule has 0 aliphatic carbocycles. The molecule has 4 aromatic rings. The van der Waals surface area contributed by atoms with Crippen LogP contribution in [0.1, 0.15) is 28.5 Å². The van der Waals surface area contributed by atoms with Gasteiger partial charge < -0.3 is 11.1 Å². The van der Waals surface area contributed by atoms with E-state index in [1.165, 1.54) is 4.68 Å². The fourth-order valence-electron chi connectivity index (χ4n) is 2.88. The number of aromatic nitrogens is 6. The van der Waals surface area contributed by atoms with Crippen LogP contribution in [0, 0.1) is 0 Å². The number of nitrogens with zero attached hydrogens (tertiary/aromatic N) is 6. The van der Waals surface area contributed by atoms with E-state index >= 15 is 0 Å². The summed E-state index contributed by atoms with van der Waals surface area (Å²) >= 11 is 0. The molecule has 9 nitrogen and oxygen atoms in total. The Morgan fingerprint density at radius 2 is 1.89 bits per heavy atom. The maximum Gasteiger partial charge on any atom is 0.274 e. The molecule has 1 amide bonds. The minimum absolute atomic E-state index is 0.261. The van der Waals surface area contributed by atoms with Crippen molar-refractivity contribution in [2.24, 2.45) is 5.73 Å². The summed E-state index contributed by atoms with van der Waals surface area (Å²) in [6, 6.07) is 15.1. The van der Waals surface area contributed by atoms with E-state index in [1.54, 1.807) is 18.2 Å². The molecule has 0 unspecified atom stereocenters. The van der Waals surface area contributed by atoms with Crippen LogP contribution in [0.2, 0.25) is 0 Å². The second-order valence-electron chi connectivity index (χ2n) is 6.14. The number of aryl methyl sites for hydroxylation is 1. The predicted molar refractivity (Wildman–Crippen MR) is 104 cm³/mol. The second kappa shape index (κ2) is 7.39. The number of nitrogens with one attached hydrogen (secondary N) is 1. The van der Waals surface area contributed by atoms with Gasteiger partial charge in [0, 0.05) is 6.54 Å². The first-order valence-corrected chi connectivity index (χ1v) is 8.83. The molecular weight excluding hydrogens is 356 g/mol. The summed E-state index contributed by atoms with van der Waals surface area (Å²) in [6.07, 6.45) is 0.682. The zero-order valence-electron chi connectivity index (χ0n) is 15.2. The van der Waals surface area contributed by atoms with Crippen LogP contribution in [0.25, 0.3) is 17.0 Å². The molecule has 0 bridgehead atoms. The molecule has 0 radical (unpaired) electrons. The molecule has 2 aromatic heterocycles. The Morgan fingerprint density at radius 1 is 1.07 bits per heavy atom. The Balaban J connectivity index is 1.72. The van der Waals surface area contributed by atoms with Gasteiger partial charge in [-0.3, -0.25) is 4.79 Å². The van der Waals surface area contributed by atoms with Crippen molar-refractivity contribution >= 4 is 22.8 Å². The number of hydrogen-bond donors (Lipinski definition) is 2. The molecule has 0 saturated heterocycles. The van der Waals surface area contributed by atoms with Crippen molar-refractivity contribution in [1.29, 1.82) is 0 Å².